The molecule has 0 spiro atoms. The van der Waals surface area contributed by atoms with Gasteiger partial charge in [-0.2, -0.15) is 0 Å². The number of rotatable bonds is 5. The normalized spacial score (nSPS) is 21.6. The molecule has 1 aliphatic heterocycles. The number of aryl methyl sites for hydroxylation is 1. The van der Waals surface area contributed by atoms with Gasteiger partial charge in [0.1, 0.15) is 0 Å². The number of hydrogen-bond donors (Lipinski definition) is 1. The summed E-state index contributed by atoms with van der Waals surface area (Å²) in [5.41, 5.74) is 1.31. The summed E-state index contributed by atoms with van der Waals surface area (Å²) in [6, 6.07) is 4.70. The summed E-state index contributed by atoms with van der Waals surface area (Å²) in [6.07, 6.45) is 0. The van der Waals surface area contributed by atoms with Crippen LogP contribution >= 0.6 is 11.6 Å². The fraction of sp³-hybridized carbons (Fsp3) is 0.533. The molecule has 0 unspecified atom stereocenters. The number of nitrogens with one attached hydrogen (secondary N) is 1. The van der Waals surface area contributed by atoms with Gasteiger partial charge in [0.25, 0.3) is 5.91 Å². The minimum Gasteiger partial charge on any atom is -0.379 e. The molecule has 1 amide bonds. The Morgan fingerprint density at radius 2 is 2.09 bits per heavy atom. The number of nitrogens with zero attached hydrogens (tertiary/aromatic N) is 1. The molecule has 1 fully saturated rings. The number of halogens is 1. The highest BCUT2D eigenvalue weighted by Gasteiger charge is 2.34. The zero-order valence-corrected chi connectivity index (χ0v) is 14.9. The molecule has 1 heterocycles. The van der Waals surface area contributed by atoms with E-state index in [1.54, 1.807) is 18.2 Å². The van der Waals surface area contributed by atoms with Gasteiger partial charge in [-0.3, -0.25) is 4.79 Å². The lowest BCUT2D eigenvalue weighted by molar-refractivity contribution is 0.0926. The standard InChI is InChI=1S/C15H21ClN2O4S/c1-10-6-11(4-5-13(10)16)15(19)17-14-8-22-7-12(14)9-23(20,21)18(2)3/h4-6,12,14H,7-9H2,1-3H3,(H,17,19)/t12-,14-/m0/s1. The van der Waals surface area contributed by atoms with Crippen LogP contribution in [0.5, 0.6) is 0 Å². The molecule has 8 heteroatoms. The van der Waals surface area contributed by atoms with E-state index < -0.39 is 10.0 Å². The van der Waals surface area contributed by atoms with Gasteiger partial charge >= 0.3 is 0 Å². The molecule has 2 rings (SSSR count). The lowest BCUT2D eigenvalue weighted by atomic mass is 10.1. The predicted octanol–water partition coefficient (Wildman–Crippen LogP) is 1.28. The number of sulfonamides is 1. The first-order valence-corrected chi connectivity index (χ1v) is 9.24. The van der Waals surface area contributed by atoms with Crippen molar-refractivity contribution in [1.29, 1.82) is 0 Å². The van der Waals surface area contributed by atoms with Crippen molar-refractivity contribution in [2.24, 2.45) is 5.92 Å². The molecule has 1 aromatic carbocycles. The van der Waals surface area contributed by atoms with Crippen LogP contribution in [0.25, 0.3) is 0 Å². The van der Waals surface area contributed by atoms with Crippen molar-refractivity contribution in [2.75, 3.05) is 33.1 Å². The van der Waals surface area contributed by atoms with Crippen molar-refractivity contribution >= 4 is 27.5 Å². The Morgan fingerprint density at radius 3 is 2.70 bits per heavy atom. The van der Waals surface area contributed by atoms with Gasteiger partial charge in [-0.05, 0) is 30.7 Å². The average molecular weight is 361 g/mol. The van der Waals surface area contributed by atoms with E-state index in [2.05, 4.69) is 5.32 Å². The number of amides is 1. The molecule has 0 radical (unpaired) electrons. The second kappa shape index (κ2) is 7.17. The molecule has 0 bridgehead atoms. The minimum atomic E-state index is -3.34. The van der Waals surface area contributed by atoms with Gasteiger partial charge in [0.05, 0.1) is 25.0 Å². The largest absolute Gasteiger partial charge is 0.379 e. The highest BCUT2D eigenvalue weighted by atomic mass is 35.5. The van der Waals surface area contributed by atoms with E-state index in [-0.39, 0.29) is 23.6 Å². The maximum atomic E-state index is 12.3. The molecule has 1 N–H and O–H groups in total. The Morgan fingerprint density at radius 1 is 1.39 bits per heavy atom. The molecule has 1 saturated heterocycles. The van der Waals surface area contributed by atoms with E-state index in [0.29, 0.717) is 23.8 Å². The molecule has 6 nitrogen and oxygen atoms in total. The monoisotopic (exact) mass is 360 g/mol. The van der Waals surface area contributed by atoms with Crippen LogP contribution in [-0.2, 0) is 14.8 Å². The van der Waals surface area contributed by atoms with Crippen molar-refractivity contribution in [1.82, 2.24) is 9.62 Å². The van der Waals surface area contributed by atoms with Crippen LogP contribution in [0.15, 0.2) is 18.2 Å². The van der Waals surface area contributed by atoms with Crippen LogP contribution in [-0.4, -0.2) is 57.7 Å². The second-order valence-corrected chi connectivity index (χ2v) is 8.54. The number of ether oxygens (including phenoxy) is 1. The highest BCUT2D eigenvalue weighted by molar-refractivity contribution is 7.89. The van der Waals surface area contributed by atoms with Crippen molar-refractivity contribution < 1.29 is 17.9 Å². The summed E-state index contributed by atoms with van der Waals surface area (Å²) in [5, 5.41) is 3.46. The molecular weight excluding hydrogens is 340 g/mol. The van der Waals surface area contributed by atoms with Crippen molar-refractivity contribution in [3.8, 4) is 0 Å². The van der Waals surface area contributed by atoms with Crippen molar-refractivity contribution in [2.45, 2.75) is 13.0 Å². The zero-order chi connectivity index (χ0) is 17.2. The molecule has 0 saturated carbocycles. The summed E-state index contributed by atoms with van der Waals surface area (Å²) in [4.78, 5) is 12.3. The maximum Gasteiger partial charge on any atom is 0.251 e. The molecule has 128 valence electrons. The Kier molecular flexibility index (Phi) is 5.67. The molecule has 2 atom stereocenters. The lowest BCUT2D eigenvalue weighted by Crippen LogP contribution is -2.43. The van der Waals surface area contributed by atoms with Crippen molar-refractivity contribution in [3.05, 3.63) is 34.3 Å². The fourth-order valence-electron chi connectivity index (χ4n) is 2.38. The topological polar surface area (TPSA) is 75.7 Å². The average Bonchev–Trinajstić information content (AvgIpc) is 2.88. The first-order valence-electron chi connectivity index (χ1n) is 7.25. The second-order valence-electron chi connectivity index (χ2n) is 5.90. The molecule has 1 aliphatic rings. The predicted molar refractivity (Wildman–Crippen MR) is 89.2 cm³/mol. The summed E-state index contributed by atoms with van der Waals surface area (Å²) in [6.45, 7) is 2.45. The van der Waals surface area contributed by atoms with Gasteiger partial charge in [-0.1, -0.05) is 11.6 Å². The molecule has 1 aromatic rings. The van der Waals surface area contributed by atoms with Crippen LogP contribution in [0.1, 0.15) is 15.9 Å². The third-order valence-corrected chi connectivity index (χ3v) is 6.30. The Bertz CT molecular complexity index is 691. The van der Waals surface area contributed by atoms with Crippen LogP contribution in [0.3, 0.4) is 0 Å². The summed E-state index contributed by atoms with van der Waals surface area (Å²) in [5.74, 6) is -0.572. The Hall–Kier alpha value is -1.15. The van der Waals surface area contributed by atoms with Crippen molar-refractivity contribution in [3.63, 3.8) is 0 Å². The quantitative estimate of drug-likeness (QED) is 0.858. The van der Waals surface area contributed by atoms with Gasteiger partial charge in [-0.25, -0.2) is 12.7 Å². The van der Waals surface area contributed by atoms with E-state index in [9.17, 15) is 13.2 Å². The molecule has 23 heavy (non-hydrogen) atoms. The van der Waals surface area contributed by atoms with E-state index >= 15 is 0 Å². The Labute approximate surface area is 141 Å². The summed E-state index contributed by atoms with van der Waals surface area (Å²) in [7, 11) is -0.352. The first kappa shape index (κ1) is 18.2. The SMILES string of the molecule is Cc1cc(C(=O)N[C@H]2COC[C@H]2CS(=O)(=O)N(C)C)ccc1Cl. The smallest absolute Gasteiger partial charge is 0.251 e. The van der Waals surface area contributed by atoms with Crippen LogP contribution < -0.4 is 5.32 Å². The van der Waals surface area contributed by atoms with Gasteiger partial charge < -0.3 is 10.1 Å². The number of benzene rings is 1. The van der Waals surface area contributed by atoms with E-state index in [1.165, 1.54) is 18.4 Å². The van der Waals surface area contributed by atoms with Crippen LogP contribution in [0.4, 0.5) is 0 Å². The van der Waals surface area contributed by atoms with E-state index in [0.717, 1.165) is 5.56 Å². The zero-order valence-electron chi connectivity index (χ0n) is 13.4. The fourth-order valence-corrected chi connectivity index (χ4v) is 3.66. The number of hydrogen-bond acceptors (Lipinski definition) is 4. The van der Waals surface area contributed by atoms with E-state index in [4.69, 9.17) is 16.3 Å². The van der Waals surface area contributed by atoms with Crippen LogP contribution in [0, 0.1) is 12.8 Å². The summed E-state index contributed by atoms with van der Waals surface area (Å²) < 4.78 is 30.6. The van der Waals surface area contributed by atoms with Gasteiger partial charge in [0.15, 0.2) is 0 Å². The first-order chi connectivity index (χ1) is 10.7. The third-order valence-electron chi connectivity index (χ3n) is 3.92. The Balaban J connectivity index is 2.06. The third kappa shape index (κ3) is 4.44. The van der Waals surface area contributed by atoms with Gasteiger partial charge in [0.2, 0.25) is 10.0 Å². The maximum absolute atomic E-state index is 12.3. The van der Waals surface area contributed by atoms with Gasteiger partial charge in [0, 0.05) is 30.6 Å². The van der Waals surface area contributed by atoms with Crippen LogP contribution in [0.2, 0.25) is 5.02 Å². The number of carbonyl (C=O) groups is 1. The highest BCUT2D eigenvalue weighted by Crippen LogP contribution is 2.19. The number of carbonyl (C=O) groups excluding carboxylic acids is 1. The molecule has 0 aliphatic carbocycles. The summed E-state index contributed by atoms with van der Waals surface area (Å²) >= 11 is 5.96. The lowest BCUT2D eigenvalue weighted by Gasteiger charge is -2.21. The molecular formula is C15H21ClN2O4S. The van der Waals surface area contributed by atoms with E-state index in [1.807, 2.05) is 6.92 Å². The van der Waals surface area contributed by atoms with Gasteiger partial charge in [-0.15, -0.1) is 0 Å². The molecule has 0 aromatic heterocycles. The minimum absolute atomic E-state index is 0.0510.